The van der Waals surface area contributed by atoms with E-state index in [0.29, 0.717) is 23.0 Å². The molecule has 1 N–H and O–H groups in total. The second kappa shape index (κ2) is 9.33. The first-order valence-electron chi connectivity index (χ1n) is 8.30. The highest BCUT2D eigenvalue weighted by Crippen LogP contribution is 2.25. The quantitative estimate of drug-likeness (QED) is 0.690. The Bertz CT molecular complexity index is 670. The number of nitrogens with one attached hydrogen (secondary N) is 1. The zero-order valence-electron chi connectivity index (χ0n) is 14.2. The summed E-state index contributed by atoms with van der Waals surface area (Å²) in [6.07, 6.45) is 6.23. The van der Waals surface area contributed by atoms with E-state index >= 15 is 0 Å². The number of benzene rings is 1. The Morgan fingerprint density at radius 2 is 2.12 bits per heavy atom. The Labute approximate surface area is 148 Å². The van der Waals surface area contributed by atoms with Gasteiger partial charge in [0.05, 0.1) is 5.02 Å². The van der Waals surface area contributed by atoms with Gasteiger partial charge in [-0.15, -0.1) is 0 Å². The summed E-state index contributed by atoms with van der Waals surface area (Å²) < 4.78 is 7.23. The van der Waals surface area contributed by atoms with Crippen molar-refractivity contribution in [3.05, 3.63) is 46.7 Å². The average Bonchev–Trinajstić information content (AvgIpc) is 3.04. The summed E-state index contributed by atoms with van der Waals surface area (Å²) in [4.78, 5) is 12.0. The van der Waals surface area contributed by atoms with Crippen LogP contribution in [0.25, 0.3) is 0 Å². The summed E-state index contributed by atoms with van der Waals surface area (Å²) in [5.74, 6) is 0.452. The maximum absolute atomic E-state index is 12.0. The zero-order valence-corrected chi connectivity index (χ0v) is 15.0. The summed E-state index contributed by atoms with van der Waals surface area (Å²) in [5, 5.41) is 7.67. The lowest BCUT2D eigenvalue weighted by atomic mass is 10.2. The number of ether oxygens (including phenoxy) is 1. The molecule has 130 valence electrons. The highest BCUT2D eigenvalue weighted by molar-refractivity contribution is 6.32. The van der Waals surface area contributed by atoms with Crippen LogP contribution in [-0.2, 0) is 6.73 Å². The smallest absolute Gasteiger partial charge is 0.271 e. The number of hydrogen-bond donors (Lipinski definition) is 1. The SMILES string of the molecule is CCCCCCNC(=O)c1ccn(COc2cc(C)ccc2Cl)n1. The predicted octanol–water partition coefficient (Wildman–Crippen LogP) is 4.19. The number of unbranched alkanes of at least 4 members (excludes halogenated alkanes) is 3. The van der Waals surface area contributed by atoms with Crippen LogP contribution in [0.3, 0.4) is 0 Å². The van der Waals surface area contributed by atoms with Crippen molar-refractivity contribution in [3.8, 4) is 5.75 Å². The van der Waals surface area contributed by atoms with E-state index in [1.165, 1.54) is 12.8 Å². The van der Waals surface area contributed by atoms with Gasteiger partial charge in [0.2, 0.25) is 0 Å². The molecule has 24 heavy (non-hydrogen) atoms. The number of carbonyl (C=O) groups excluding carboxylic acids is 1. The number of amides is 1. The Morgan fingerprint density at radius 1 is 1.29 bits per heavy atom. The minimum Gasteiger partial charge on any atom is -0.470 e. The minimum absolute atomic E-state index is 0.154. The molecule has 0 unspecified atom stereocenters. The summed E-state index contributed by atoms with van der Waals surface area (Å²) in [6.45, 7) is 5.02. The molecular formula is C18H24ClN3O2. The molecule has 2 aromatic rings. The second-order valence-electron chi connectivity index (χ2n) is 5.76. The topological polar surface area (TPSA) is 56.2 Å². The van der Waals surface area contributed by atoms with Crippen molar-refractivity contribution < 1.29 is 9.53 Å². The lowest BCUT2D eigenvalue weighted by molar-refractivity contribution is 0.0946. The van der Waals surface area contributed by atoms with Crippen molar-refractivity contribution in [3.63, 3.8) is 0 Å². The first-order chi connectivity index (χ1) is 11.6. The summed E-state index contributed by atoms with van der Waals surface area (Å²) in [6, 6.07) is 7.27. The van der Waals surface area contributed by atoms with E-state index < -0.39 is 0 Å². The molecule has 0 spiro atoms. The van der Waals surface area contributed by atoms with Gasteiger partial charge in [-0.3, -0.25) is 4.79 Å². The van der Waals surface area contributed by atoms with Crippen LogP contribution in [0.1, 0.15) is 48.7 Å². The standard InChI is InChI=1S/C18H24ClN3O2/c1-3-4-5-6-10-20-18(23)16-9-11-22(21-16)13-24-17-12-14(2)7-8-15(17)19/h7-9,11-12H,3-6,10,13H2,1-2H3,(H,20,23). The van der Waals surface area contributed by atoms with Crippen LogP contribution in [0.5, 0.6) is 5.75 Å². The van der Waals surface area contributed by atoms with Crippen LogP contribution in [0, 0.1) is 6.92 Å². The molecule has 0 aliphatic carbocycles. The van der Waals surface area contributed by atoms with E-state index in [2.05, 4.69) is 17.3 Å². The molecular weight excluding hydrogens is 326 g/mol. The van der Waals surface area contributed by atoms with Gasteiger partial charge in [-0.2, -0.15) is 5.10 Å². The number of aryl methyl sites for hydroxylation is 1. The number of rotatable bonds is 9. The van der Waals surface area contributed by atoms with E-state index in [-0.39, 0.29) is 12.6 Å². The third-order valence-electron chi connectivity index (χ3n) is 3.63. The maximum Gasteiger partial charge on any atom is 0.271 e. The van der Waals surface area contributed by atoms with E-state index in [0.717, 1.165) is 18.4 Å². The highest BCUT2D eigenvalue weighted by atomic mass is 35.5. The van der Waals surface area contributed by atoms with Crippen molar-refractivity contribution in [2.75, 3.05) is 6.54 Å². The van der Waals surface area contributed by atoms with Gasteiger partial charge in [0.15, 0.2) is 6.73 Å². The van der Waals surface area contributed by atoms with Crippen molar-refractivity contribution in [1.82, 2.24) is 15.1 Å². The lowest BCUT2D eigenvalue weighted by Crippen LogP contribution is -2.25. The molecule has 0 aliphatic rings. The van der Waals surface area contributed by atoms with Gasteiger partial charge in [0, 0.05) is 12.7 Å². The molecule has 0 saturated heterocycles. The van der Waals surface area contributed by atoms with Crippen LogP contribution >= 0.6 is 11.6 Å². The van der Waals surface area contributed by atoms with Crippen molar-refractivity contribution in [2.45, 2.75) is 46.3 Å². The van der Waals surface area contributed by atoms with Crippen LogP contribution in [0.2, 0.25) is 5.02 Å². The number of aromatic nitrogens is 2. The maximum atomic E-state index is 12.0. The number of halogens is 1. The minimum atomic E-state index is -0.154. The van der Waals surface area contributed by atoms with Gasteiger partial charge in [0.1, 0.15) is 11.4 Å². The molecule has 2 rings (SSSR count). The third-order valence-corrected chi connectivity index (χ3v) is 3.94. The molecule has 0 saturated carbocycles. The molecule has 0 aliphatic heterocycles. The zero-order chi connectivity index (χ0) is 17.4. The molecule has 1 aromatic heterocycles. The molecule has 5 nitrogen and oxygen atoms in total. The Kier molecular flexibility index (Phi) is 7.12. The first-order valence-corrected chi connectivity index (χ1v) is 8.68. The fourth-order valence-corrected chi connectivity index (χ4v) is 2.43. The molecule has 1 aromatic carbocycles. The molecule has 1 heterocycles. The van der Waals surface area contributed by atoms with Gasteiger partial charge in [-0.05, 0) is 37.1 Å². The van der Waals surface area contributed by atoms with Crippen molar-refractivity contribution >= 4 is 17.5 Å². The second-order valence-corrected chi connectivity index (χ2v) is 6.17. The van der Waals surface area contributed by atoms with E-state index in [1.807, 2.05) is 19.1 Å². The van der Waals surface area contributed by atoms with Gasteiger partial charge >= 0.3 is 0 Å². The number of nitrogens with zero attached hydrogens (tertiary/aromatic N) is 2. The van der Waals surface area contributed by atoms with Gasteiger partial charge in [-0.25, -0.2) is 4.68 Å². The summed E-state index contributed by atoms with van der Waals surface area (Å²) in [5.41, 5.74) is 1.46. The van der Waals surface area contributed by atoms with Crippen molar-refractivity contribution in [1.29, 1.82) is 0 Å². The van der Waals surface area contributed by atoms with Gasteiger partial charge in [0.25, 0.3) is 5.91 Å². The van der Waals surface area contributed by atoms with Crippen LogP contribution in [0.4, 0.5) is 0 Å². The normalized spacial score (nSPS) is 10.6. The van der Waals surface area contributed by atoms with Gasteiger partial charge in [-0.1, -0.05) is 43.9 Å². The number of hydrogen-bond acceptors (Lipinski definition) is 3. The van der Waals surface area contributed by atoms with Crippen molar-refractivity contribution in [2.24, 2.45) is 0 Å². The van der Waals surface area contributed by atoms with E-state index in [4.69, 9.17) is 16.3 Å². The molecule has 0 atom stereocenters. The molecule has 0 bridgehead atoms. The average molecular weight is 350 g/mol. The van der Waals surface area contributed by atoms with Crippen LogP contribution in [0.15, 0.2) is 30.5 Å². The molecule has 1 amide bonds. The lowest BCUT2D eigenvalue weighted by Gasteiger charge is -2.08. The summed E-state index contributed by atoms with van der Waals surface area (Å²) in [7, 11) is 0. The predicted molar refractivity (Wildman–Crippen MR) is 95.5 cm³/mol. The molecule has 0 radical (unpaired) electrons. The fourth-order valence-electron chi connectivity index (χ4n) is 2.26. The largest absolute Gasteiger partial charge is 0.470 e. The first kappa shape index (κ1) is 18.3. The Balaban J connectivity index is 1.82. The Hall–Kier alpha value is -2.01. The van der Waals surface area contributed by atoms with Crippen LogP contribution < -0.4 is 10.1 Å². The highest BCUT2D eigenvalue weighted by Gasteiger charge is 2.09. The molecule has 0 fully saturated rings. The van der Waals surface area contributed by atoms with E-state index in [1.54, 1.807) is 23.0 Å². The van der Waals surface area contributed by atoms with E-state index in [9.17, 15) is 4.79 Å². The van der Waals surface area contributed by atoms with Crippen LogP contribution in [-0.4, -0.2) is 22.2 Å². The molecule has 6 heteroatoms. The third kappa shape index (κ3) is 5.57. The number of carbonyl (C=O) groups is 1. The Morgan fingerprint density at radius 3 is 2.92 bits per heavy atom. The van der Waals surface area contributed by atoms with Gasteiger partial charge < -0.3 is 10.1 Å². The fraction of sp³-hybridized carbons (Fsp3) is 0.444. The monoisotopic (exact) mass is 349 g/mol. The summed E-state index contributed by atoms with van der Waals surface area (Å²) >= 11 is 6.09.